The van der Waals surface area contributed by atoms with Crippen molar-refractivity contribution in [2.45, 2.75) is 0 Å². The van der Waals surface area contributed by atoms with Crippen molar-refractivity contribution in [2.75, 3.05) is 6.61 Å². The third-order valence-electron chi connectivity index (χ3n) is 1.19. The molecule has 3 N–H and O–H groups in total. The molecular formula is C8H9BrN2O. The second-order valence-corrected chi connectivity index (χ2v) is 3.19. The summed E-state index contributed by atoms with van der Waals surface area (Å²) in [6.07, 6.45) is 0. The molecule has 64 valence electrons. The summed E-state index contributed by atoms with van der Waals surface area (Å²) in [4.78, 5) is 0. The number of hydrogen-bond acceptors (Lipinski definition) is 2. The molecule has 0 saturated heterocycles. The van der Waals surface area contributed by atoms with E-state index < -0.39 is 0 Å². The molecular weight excluding hydrogens is 220 g/mol. The highest BCUT2D eigenvalue weighted by Crippen LogP contribution is 2.17. The van der Waals surface area contributed by atoms with Gasteiger partial charge in [0.25, 0.3) is 0 Å². The van der Waals surface area contributed by atoms with E-state index in [2.05, 4.69) is 15.9 Å². The molecule has 0 aliphatic heterocycles. The Morgan fingerprint density at radius 3 is 2.92 bits per heavy atom. The van der Waals surface area contributed by atoms with Crippen LogP contribution in [0.15, 0.2) is 28.7 Å². The fraction of sp³-hybridized carbons (Fsp3) is 0.125. The highest BCUT2D eigenvalue weighted by Gasteiger charge is 1.94. The molecule has 1 aromatic carbocycles. The zero-order valence-electron chi connectivity index (χ0n) is 6.38. The van der Waals surface area contributed by atoms with Gasteiger partial charge < -0.3 is 10.5 Å². The molecule has 0 heterocycles. The van der Waals surface area contributed by atoms with Gasteiger partial charge in [0.1, 0.15) is 18.2 Å². The average Bonchev–Trinajstić information content (AvgIpc) is 2.01. The lowest BCUT2D eigenvalue weighted by atomic mass is 10.3. The smallest absolute Gasteiger partial charge is 0.145 e. The quantitative estimate of drug-likeness (QED) is 0.612. The van der Waals surface area contributed by atoms with Gasteiger partial charge in [-0.2, -0.15) is 0 Å². The number of benzene rings is 1. The molecule has 4 heteroatoms. The normalized spacial score (nSPS) is 9.42. The Balaban J connectivity index is 2.57. The molecule has 1 aromatic rings. The maximum absolute atomic E-state index is 6.94. The fourth-order valence-electron chi connectivity index (χ4n) is 0.718. The van der Waals surface area contributed by atoms with Gasteiger partial charge in [-0.25, -0.2) is 0 Å². The number of hydrogen-bond donors (Lipinski definition) is 2. The highest BCUT2D eigenvalue weighted by atomic mass is 79.9. The molecule has 0 atom stereocenters. The minimum atomic E-state index is 0.0231. The van der Waals surface area contributed by atoms with E-state index in [1.807, 2.05) is 24.3 Å². The number of nitrogens with one attached hydrogen (secondary N) is 1. The molecule has 0 aliphatic carbocycles. The van der Waals surface area contributed by atoms with Crippen molar-refractivity contribution < 1.29 is 4.74 Å². The first-order valence-electron chi connectivity index (χ1n) is 3.40. The molecule has 0 saturated carbocycles. The topological polar surface area (TPSA) is 59.1 Å². The Bertz CT molecular complexity index is 288. The van der Waals surface area contributed by atoms with E-state index in [0.717, 1.165) is 4.47 Å². The number of ether oxygens (including phenoxy) is 1. The van der Waals surface area contributed by atoms with Crippen LogP contribution < -0.4 is 10.5 Å². The number of rotatable bonds is 3. The first-order valence-corrected chi connectivity index (χ1v) is 4.19. The maximum Gasteiger partial charge on any atom is 0.145 e. The van der Waals surface area contributed by atoms with Gasteiger partial charge in [0.05, 0.1) is 0 Å². The Morgan fingerprint density at radius 2 is 2.33 bits per heavy atom. The van der Waals surface area contributed by atoms with E-state index in [1.54, 1.807) is 0 Å². The summed E-state index contributed by atoms with van der Waals surface area (Å²) in [5.41, 5.74) is 5.12. The van der Waals surface area contributed by atoms with Crippen LogP contribution in [0.2, 0.25) is 0 Å². The lowest BCUT2D eigenvalue weighted by Gasteiger charge is -2.03. The molecule has 0 unspecified atom stereocenters. The largest absolute Gasteiger partial charge is 0.486 e. The molecule has 1 rings (SSSR count). The zero-order valence-corrected chi connectivity index (χ0v) is 7.97. The second kappa shape index (κ2) is 4.11. The summed E-state index contributed by atoms with van der Waals surface area (Å²) in [5.74, 6) is 0.731. The molecule has 0 bridgehead atoms. The molecule has 0 radical (unpaired) electrons. The number of amidine groups is 1. The third kappa shape index (κ3) is 2.92. The lowest BCUT2D eigenvalue weighted by molar-refractivity contribution is 0.374. The Hall–Kier alpha value is -1.03. The van der Waals surface area contributed by atoms with Crippen LogP contribution in [0.1, 0.15) is 0 Å². The van der Waals surface area contributed by atoms with Gasteiger partial charge in [0.2, 0.25) is 0 Å². The predicted octanol–water partition coefficient (Wildman–Crippen LogP) is 1.76. The van der Waals surface area contributed by atoms with Crippen LogP contribution in [0, 0.1) is 5.41 Å². The maximum atomic E-state index is 6.94. The van der Waals surface area contributed by atoms with Crippen molar-refractivity contribution in [3.05, 3.63) is 28.7 Å². The predicted molar refractivity (Wildman–Crippen MR) is 51.6 cm³/mol. The van der Waals surface area contributed by atoms with Gasteiger partial charge in [0.15, 0.2) is 0 Å². The van der Waals surface area contributed by atoms with E-state index in [9.17, 15) is 0 Å². The molecule has 0 amide bonds. The summed E-state index contributed by atoms with van der Waals surface area (Å²) in [7, 11) is 0. The van der Waals surface area contributed by atoms with Gasteiger partial charge in [-0.05, 0) is 18.2 Å². The molecule has 0 spiro atoms. The summed E-state index contributed by atoms with van der Waals surface area (Å²) in [6.45, 7) is 0.135. The van der Waals surface area contributed by atoms with Gasteiger partial charge in [0, 0.05) is 4.47 Å². The average molecular weight is 229 g/mol. The van der Waals surface area contributed by atoms with E-state index in [0.29, 0.717) is 5.75 Å². The SMILES string of the molecule is N=C(N)COc1cccc(Br)c1. The number of halogens is 1. The van der Waals surface area contributed by atoms with E-state index in [-0.39, 0.29) is 12.4 Å². The van der Waals surface area contributed by atoms with Crippen LogP contribution >= 0.6 is 15.9 Å². The van der Waals surface area contributed by atoms with Crippen LogP contribution in [0.25, 0.3) is 0 Å². The first-order chi connectivity index (χ1) is 5.68. The third-order valence-corrected chi connectivity index (χ3v) is 1.68. The van der Waals surface area contributed by atoms with Crippen LogP contribution in [-0.4, -0.2) is 12.4 Å². The van der Waals surface area contributed by atoms with Crippen LogP contribution in [0.3, 0.4) is 0 Å². The monoisotopic (exact) mass is 228 g/mol. The highest BCUT2D eigenvalue weighted by molar-refractivity contribution is 9.10. The van der Waals surface area contributed by atoms with Crippen molar-refractivity contribution >= 4 is 21.8 Å². The van der Waals surface area contributed by atoms with Crippen molar-refractivity contribution in [1.29, 1.82) is 5.41 Å². The molecule has 0 fully saturated rings. The minimum absolute atomic E-state index is 0.0231. The van der Waals surface area contributed by atoms with E-state index in [1.165, 1.54) is 0 Å². The standard InChI is InChI=1S/C8H9BrN2O/c9-6-2-1-3-7(4-6)12-5-8(10)11/h1-4H,5H2,(H3,10,11). The minimum Gasteiger partial charge on any atom is -0.486 e. The van der Waals surface area contributed by atoms with Crippen LogP contribution in [0.4, 0.5) is 0 Å². The van der Waals surface area contributed by atoms with E-state index in [4.69, 9.17) is 15.9 Å². The van der Waals surface area contributed by atoms with Gasteiger partial charge >= 0.3 is 0 Å². The fourth-order valence-corrected chi connectivity index (χ4v) is 1.10. The number of nitrogens with two attached hydrogens (primary N) is 1. The molecule has 0 aliphatic rings. The van der Waals surface area contributed by atoms with Crippen molar-refractivity contribution in [3.8, 4) is 5.75 Å². The molecule has 3 nitrogen and oxygen atoms in total. The Morgan fingerprint density at radius 1 is 1.58 bits per heavy atom. The molecule has 0 aromatic heterocycles. The summed E-state index contributed by atoms with van der Waals surface area (Å²) >= 11 is 3.30. The summed E-state index contributed by atoms with van der Waals surface area (Å²) < 4.78 is 6.12. The Labute approximate surface area is 79.2 Å². The van der Waals surface area contributed by atoms with Crippen molar-refractivity contribution in [1.82, 2.24) is 0 Å². The summed E-state index contributed by atoms with van der Waals surface area (Å²) in [5, 5.41) is 6.94. The van der Waals surface area contributed by atoms with Crippen LogP contribution in [-0.2, 0) is 0 Å². The second-order valence-electron chi connectivity index (χ2n) is 2.27. The van der Waals surface area contributed by atoms with Crippen LogP contribution in [0.5, 0.6) is 5.75 Å². The van der Waals surface area contributed by atoms with Gasteiger partial charge in [-0.3, -0.25) is 5.41 Å². The molecule has 12 heavy (non-hydrogen) atoms. The summed E-state index contributed by atoms with van der Waals surface area (Å²) in [6, 6.07) is 7.40. The Kier molecular flexibility index (Phi) is 3.10. The zero-order chi connectivity index (χ0) is 8.97. The van der Waals surface area contributed by atoms with Crippen molar-refractivity contribution in [3.63, 3.8) is 0 Å². The van der Waals surface area contributed by atoms with Gasteiger partial charge in [-0.1, -0.05) is 22.0 Å². The lowest BCUT2D eigenvalue weighted by Crippen LogP contribution is -2.19. The first kappa shape index (κ1) is 9.06. The van der Waals surface area contributed by atoms with Crippen molar-refractivity contribution in [2.24, 2.45) is 5.73 Å². The van der Waals surface area contributed by atoms with Gasteiger partial charge in [-0.15, -0.1) is 0 Å². The van der Waals surface area contributed by atoms with E-state index >= 15 is 0 Å².